The van der Waals surface area contributed by atoms with Crippen LogP contribution in [0, 0.1) is 0 Å². The third-order valence-electron chi connectivity index (χ3n) is 1.01. The fraction of sp³-hybridized carbons (Fsp3) is 0.167. The number of hydrogen-bond acceptors (Lipinski definition) is 2. The molecule has 1 rings (SSSR count). The Hall–Kier alpha value is -0.320. The van der Waals surface area contributed by atoms with Crippen molar-refractivity contribution in [2.75, 3.05) is 0 Å². The van der Waals surface area contributed by atoms with Gasteiger partial charge in [0.25, 0.3) is 0 Å². The van der Waals surface area contributed by atoms with Gasteiger partial charge in [-0.25, -0.2) is 4.98 Å². The lowest BCUT2D eigenvalue weighted by atomic mass is 10.5. The minimum atomic E-state index is -3.81. The molecule has 0 spiro atoms. The van der Waals surface area contributed by atoms with Crippen molar-refractivity contribution in [3.05, 3.63) is 22.4 Å². The molecule has 0 aliphatic heterocycles. The van der Waals surface area contributed by atoms with Gasteiger partial charge in [-0.1, -0.05) is 23.2 Å². The lowest BCUT2D eigenvalue weighted by molar-refractivity contribution is -0.0966. The number of alkyl halides is 3. The zero-order valence-electron chi connectivity index (χ0n) is 5.90. The van der Waals surface area contributed by atoms with Crippen molar-refractivity contribution >= 4 is 34.8 Å². The van der Waals surface area contributed by atoms with Crippen molar-refractivity contribution < 1.29 is 13.5 Å². The molecular formula is C6H2Cl3F2NO. The normalized spacial score (nSPS) is 11.5. The summed E-state index contributed by atoms with van der Waals surface area (Å²) in [5.41, 5.74) is -3.81. The molecule has 0 N–H and O–H groups in total. The lowest BCUT2D eigenvalue weighted by Gasteiger charge is -2.10. The molecular weight excluding hydrogens is 246 g/mol. The zero-order chi connectivity index (χ0) is 10.1. The Bertz CT molecular complexity index is 315. The molecule has 1 aromatic heterocycles. The maximum absolute atomic E-state index is 12.1. The molecule has 0 amide bonds. The predicted molar refractivity (Wildman–Crippen MR) is 45.7 cm³/mol. The maximum Gasteiger partial charge on any atom is 0.487 e. The molecule has 0 atom stereocenters. The van der Waals surface area contributed by atoms with E-state index >= 15 is 0 Å². The van der Waals surface area contributed by atoms with Gasteiger partial charge in [0, 0.05) is 11.6 Å². The van der Waals surface area contributed by atoms with Gasteiger partial charge in [0.05, 0.1) is 0 Å². The molecule has 0 radical (unpaired) electrons. The quantitative estimate of drug-likeness (QED) is 0.590. The largest absolute Gasteiger partial charge is 0.487 e. The van der Waals surface area contributed by atoms with Gasteiger partial charge in [0.2, 0.25) is 0 Å². The summed E-state index contributed by atoms with van der Waals surface area (Å²) >= 11 is 15.3. The molecule has 0 unspecified atom stereocenters. The number of aromatic nitrogens is 1. The highest BCUT2D eigenvalue weighted by Crippen LogP contribution is 2.30. The molecule has 1 aromatic rings. The third-order valence-corrected chi connectivity index (χ3v) is 1.56. The summed E-state index contributed by atoms with van der Waals surface area (Å²) in [5.74, 6) is -0.328. The van der Waals surface area contributed by atoms with Crippen LogP contribution in [0.3, 0.4) is 0 Å². The van der Waals surface area contributed by atoms with E-state index in [-0.39, 0.29) is 16.1 Å². The fourth-order valence-electron chi connectivity index (χ4n) is 0.600. The number of pyridine rings is 1. The number of nitrogens with zero attached hydrogens (tertiary/aromatic N) is 1. The van der Waals surface area contributed by atoms with Crippen LogP contribution in [0.4, 0.5) is 8.78 Å². The highest BCUT2D eigenvalue weighted by molar-refractivity contribution is 6.33. The molecule has 2 nitrogen and oxygen atoms in total. The van der Waals surface area contributed by atoms with Crippen LogP contribution in [0.15, 0.2) is 12.1 Å². The van der Waals surface area contributed by atoms with Crippen molar-refractivity contribution in [3.8, 4) is 5.75 Å². The molecule has 0 saturated heterocycles. The van der Waals surface area contributed by atoms with Gasteiger partial charge in [-0.3, -0.25) is 0 Å². The summed E-state index contributed by atoms with van der Waals surface area (Å²) in [5, 5.41) is -0.192. The van der Waals surface area contributed by atoms with Crippen molar-refractivity contribution in [3.63, 3.8) is 0 Å². The highest BCUT2D eigenvalue weighted by Gasteiger charge is 2.28. The van der Waals surface area contributed by atoms with Crippen LogP contribution < -0.4 is 4.74 Å². The van der Waals surface area contributed by atoms with Crippen molar-refractivity contribution in [2.24, 2.45) is 0 Å². The first kappa shape index (κ1) is 10.8. The average Bonchev–Trinajstić information content (AvgIpc) is 1.93. The van der Waals surface area contributed by atoms with Crippen LogP contribution in [-0.4, -0.2) is 10.6 Å². The summed E-state index contributed by atoms with van der Waals surface area (Å²) in [7, 11) is 0. The molecule has 1 heterocycles. The molecule has 0 aliphatic rings. The number of ether oxygens (including phenoxy) is 1. The first-order chi connectivity index (χ1) is 5.88. The van der Waals surface area contributed by atoms with E-state index in [4.69, 9.17) is 23.2 Å². The molecule has 7 heteroatoms. The molecule has 0 saturated carbocycles. The van der Waals surface area contributed by atoms with Crippen molar-refractivity contribution in [2.45, 2.75) is 5.57 Å². The van der Waals surface area contributed by atoms with Crippen LogP contribution in [0.2, 0.25) is 10.3 Å². The first-order valence-electron chi connectivity index (χ1n) is 2.96. The monoisotopic (exact) mass is 247 g/mol. The third kappa shape index (κ3) is 3.50. The van der Waals surface area contributed by atoms with E-state index in [0.717, 1.165) is 6.07 Å². The van der Waals surface area contributed by atoms with Crippen LogP contribution in [-0.2, 0) is 0 Å². The van der Waals surface area contributed by atoms with Crippen LogP contribution in [0.5, 0.6) is 5.75 Å². The predicted octanol–water partition coefficient (Wildman–Crippen LogP) is 3.56. The second kappa shape index (κ2) is 3.82. The molecule has 0 aliphatic carbocycles. The highest BCUT2D eigenvalue weighted by atomic mass is 35.5. The zero-order valence-corrected chi connectivity index (χ0v) is 8.17. The number of hydrogen-bond donors (Lipinski definition) is 0. The molecule has 72 valence electrons. The van der Waals surface area contributed by atoms with Crippen LogP contribution in [0.1, 0.15) is 0 Å². The summed E-state index contributed by atoms with van der Waals surface area (Å²) in [6, 6.07) is 2.40. The van der Waals surface area contributed by atoms with E-state index in [1.807, 2.05) is 0 Å². The maximum atomic E-state index is 12.1. The Morgan fingerprint density at radius 1 is 1.31 bits per heavy atom. The van der Waals surface area contributed by atoms with E-state index < -0.39 is 5.57 Å². The van der Waals surface area contributed by atoms with Gasteiger partial charge in [-0.05, 0) is 12.1 Å². The van der Waals surface area contributed by atoms with E-state index in [2.05, 4.69) is 21.3 Å². The Kier molecular flexibility index (Phi) is 3.16. The Labute approximate surface area is 87.4 Å². The van der Waals surface area contributed by atoms with Crippen molar-refractivity contribution in [1.82, 2.24) is 4.98 Å². The van der Waals surface area contributed by atoms with Crippen molar-refractivity contribution in [1.29, 1.82) is 0 Å². The Morgan fingerprint density at radius 3 is 2.38 bits per heavy atom. The molecule has 0 fully saturated rings. The second-order valence-electron chi connectivity index (χ2n) is 1.97. The summed E-state index contributed by atoms with van der Waals surface area (Å²) < 4.78 is 28.2. The van der Waals surface area contributed by atoms with Crippen LogP contribution >= 0.6 is 34.8 Å². The van der Waals surface area contributed by atoms with Gasteiger partial charge in [-0.2, -0.15) is 0 Å². The molecule has 13 heavy (non-hydrogen) atoms. The Morgan fingerprint density at radius 2 is 1.92 bits per heavy atom. The summed E-state index contributed by atoms with van der Waals surface area (Å²) in [6.45, 7) is 0. The van der Waals surface area contributed by atoms with E-state index in [0.29, 0.717) is 0 Å². The smallest absolute Gasteiger partial charge is 0.417 e. The number of rotatable bonds is 2. The van der Waals surface area contributed by atoms with Gasteiger partial charge in [-0.15, -0.1) is 8.78 Å². The SMILES string of the molecule is FC(F)(Cl)Oc1ccc(Cl)nc1Cl. The molecule has 0 aromatic carbocycles. The van der Waals surface area contributed by atoms with Crippen LogP contribution in [0.25, 0.3) is 0 Å². The standard InChI is InChI=1S/C6H2Cl3F2NO/c7-4-2-1-3(5(8)12-4)13-6(9,10)11/h1-2H. The van der Waals surface area contributed by atoms with E-state index in [1.54, 1.807) is 0 Å². The van der Waals surface area contributed by atoms with Gasteiger partial charge >= 0.3 is 5.57 Å². The van der Waals surface area contributed by atoms with E-state index in [1.165, 1.54) is 6.07 Å². The van der Waals surface area contributed by atoms with E-state index in [9.17, 15) is 8.78 Å². The first-order valence-corrected chi connectivity index (χ1v) is 4.09. The topological polar surface area (TPSA) is 22.1 Å². The minimum Gasteiger partial charge on any atom is -0.417 e. The van der Waals surface area contributed by atoms with Gasteiger partial charge in [0.1, 0.15) is 5.15 Å². The number of halogens is 5. The minimum absolute atomic E-state index is 0.0789. The van der Waals surface area contributed by atoms with Gasteiger partial charge in [0.15, 0.2) is 10.9 Å². The summed E-state index contributed by atoms with van der Waals surface area (Å²) in [4.78, 5) is 3.47. The Balaban J connectivity index is 2.90. The lowest BCUT2D eigenvalue weighted by Crippen LogP contribution is -2.16. The fourth-order valence-corrected chi connectivity index (χ4v) is 1.07. The second-order valence-corrected chi connectivity index (χ2v) is 3.16. The summed E-state index contributed by atoms with van der Waals surface area (Å²) in [6.07, 6.45) is 0. The molecule has 0 bridgehead atoms. The van der Waals surface area contributed by atoms with Gasteiger partial charge < -0.3 is 4.74 Å². The average molecular weight is 248 g/mol.